The summed E-state index contributed by atoms with van der Waals surface area (Å²) in [5.41, 5.74) is 15.2. The summed E-state index contributed by atoms with van der Waals surface area (Å²) in [7, 11) is 0. The van der Waals surface area contributed by atoms with Crippen LogP contribution in [0.3, 0.4) is 0 Å². The summed E-state index contributed by atoms with van der Waals surface area (Å²) in [4.78, 5) is 53.6. The molecule has 0 atom stereocenters. The lowest BCUT2D eigenvalue weighted by Gasteiger charge is -2.40. The van der Waals surface area contributed by atoms with Crippen LogP contribution in [0, 0.1) is 62.5 Å². The van der Waals surface area contributed by atoms with Gasteiger partial charge in [0.2, 0.25) is 0 Å². The first-order valence-corrected chi connectivity index (χ1v) is 23.8. The fraction of sp³-hybridized carbons (Fsp3) is 0.259. The van der Waals surface area contributed by atoms with Gasteiger partial charge in [0.05, 0.1) is 0 Å². The van der Waals surface area contributed by atoms with Gasteiger partial charge in [0, 0.05) is 57.6 Å². The molecule has 1 aliphatic rings. The number of nitrogens with one attached hydrogen (secondary N) is 4. The minimum absolute atomic E-state index is 0.225. The number of amides is 4. The summed E-state index contributed by atoms with van der Waals surface area (Å²) >= 11 is 4.54. The lowest BCUT2D eigenvalue weighted by molar-refractivity contribution is 0.101. The van der Waals surface area contributed by atoms with Gasteiger partial charge in [-0.2, -0.15) is 0 Å². The molecule has 64 heavy (non-hydrogen) atoms. The molecule has 328 valence electrons. The minimum Gasteiger partial charge on any atom is -0.322 e. The van der Waals surface area contributed by atoms with Gasteiger partial charge in [-0.05, 0) is 242 Å². The zero-order chi connectivity index (χ0) is 46.0. The molecule has 0 unspecified atom stereocenters. The monoisotopic (exact) mass is 1080 g/mol. The first-order valence-electron chi connectivity index (χ1n) is 21.7. The van der Waals surface area contributed by atoms with Crippen LogP contribution in [-0.2, 0) is 5.41 Å². The average Bonchev–Trinajstić information content (AvgIpc) is 3.25. The lowest BCUT2D eigenvalue weighted by atomic mass is 9.64. The number of carbonyl (C=O) groups excluding carboxylic acids is 4. The van der Waals surface area contributed by atoms with Crippen molar-refractivity contribution in [1.29, 1.82) is 0 Å². The van der Waals surface area contributed by atoms with Gasteiger partial charge >= 0.3 is 0 Å². The topological polar surface area (TPSA) is 116 Å². The maximum atomic E-state index is 13.6. The van der Waals surface area contributed by atoms with E-state index in [2.05, 4.69) is 90.7 Å². The van der Waals surface area contributed by atoms with E-state index in [1.54, 1.807) is 48.5 Å². The minimum atomic E-state index is -0.240. The van der Waals surface area contributed by atoms with Gasteiger partial charge in [0.25, 0.3) is 23.6 Å². The molecule has 4 N–H and O–H groups in total. The van der Waals surface area contributed by atoms with E-state index in [0.29, 0.717) is 22.3 Å². The van der Waals surface area contributed by atoms with Crippen molar-refractivity contribution < 1.29 is 19.2 Å². The zero-order valence-electron chi connectivity index (χ0n) is 37.7. The predicted molar refractivity (Wildman–Crippen MR) is 278 cm³/mol. The summed E-state index contributed by atoms with van der Waals surface area (Å²) in [6.45, 7) is 16.1. The Bertz CT molecular complexity index is 2550. The molecule has 1 fully saturated rings. The Morgan fingerprint density at radius 1 is 0.375 bits per heavy atom. The summed E-state index contributed by atoms with van der Waals surface area (Å²) in [5, 5.41) is 12.4. The van der Waals surface area contributed by atoms with Crippen LogP contribution in [-0.4, -0.2) is 23.6 Å². The second kappa shape index (κ2) is 19.4. The largest absolute Gasteiger partial charge is 0.322 e. The molecule has 0 saturated heterocycles. The van der Waals surface area contributed by atoms with Crippen LogP contribution in [0.2, 0.25) is 0 Å². The Morgan fingerprint density at radius 3 is 0.828 bits per heavy atom. The number of hydrogen-bond acceptors (Lipinski definition) is 4. The molecule has 0 aromatic heterocycles. The van der Waals surface area contributed by atoms with Crippen molar-refractivity contribution in [3.63, 3.8) is 0 Å². The lowest BCUT2D eigenvalue weighted by Crippen LogP contribution is -2.31. The zero-order valence-corrected chi connectivity index (χ0v) is 42.0. The number of rotatable bonds is 10. The van der Waals surface area contributed by atoms with Crippen molar-refractivity contribution in [1.82, 2.24) is 0 Å². The van der Waals surface area contributed by atoms with Gasteiger partial charge in [0.15, 0.2) is 0 Å². The number of carbonyl (C=O) groups is 4. The van der Waals surface area contributed by atoms with E-state index in [9.17, 15) is 19.2 Å². The van der Waals surface area contributed by atoms with Gasteiger partial charge in [0.1, 0.15) is 0 Å². The van der Waals surface area contributed by atoms with E-state index in [1.165, 1.54) is 17.5 Å². The second-order valence-corrected chi connectivity index (χ2v) is 19.9. The molecule has 1 saturated carbocycles. The molecular formula is C54H54I2N4O4. The Morgan fingerprint density at radius 2 is 0.594 bits per heavy atom. The van der Waals surface area contributed by atoms with E-state index in [4.69, 9.17) is 0 Å². The van der Waals surface area contributed by atoms with Crippen LogP contribution in [0.25, 0.3) is 0 Å². The van der Waals surface area contributed by atoms with Crippen LogP contribution in [0.5, 0.6) is 0 Å². The first kappa shape index (κ1) is 46.6. The maximum Gasteiger partial charge on any atom is 0.255 e. The fourth-order valence-electron chi connectivity index (χ4n) is 9.28. The van der Waals surface area contributed by atoms with Crippen LogP contribution >= 0.6 is 45.2 Å². The van der Waals surface area contributed by atoms with Crippen LogP contribution in [0.15, 0.2) is 97.1 Å². The summed E-state index contributed by atoms with van der Waals surface area (Å²) in [5.74, 6) is -0.930. The Labute approximate surface area is 404 Å². The summed E-state index contributed by atoms with van der Waals surface area (Å²) < 4.78 is 2.23. The van der Waals surface area contributed by atoms with Crippen molar-refractivity contribution in [3.05, 3.63) is 182 Å². The number of aryl methyl sites for hydroxylation is 8. The molecule has 0 bridgehead atoms. The van der Waals surface area contributed by atoms with Gasteiger partial charge in [-0.3, -0.25) is 19.2 Å². The van der Waals surface area contributed by atoms with Crippen molar-refractivity contribution in [2.75, 3.05) is 21.3 Å². The highest BCUT2D eigenvalue weighted by Gasteiger charge is 2.37. The van der Waals surface area contributed by atoms with Gasteiger partial charge in [-0.25, -0.2) is 0 Å². The van der Waals surface area contributed by atoms with E-state index >= 15 is 0 Å². The number of benzene rings is 6. The van der Waals surface area contributed by atoms with Crippen molar-refractivity contribution >= 4 is 91.6 Å². The highest BCUT2D eigenvalue weighted by molar-refractivity contribution is 14.1. The molecule has 0 radical (unpaired) electrons. The number of anilines is 4. The molecule has 4 amide bonds. The van der Waals surface area contributed by atoms with E-state index in [1.807, 2.05) is 79.7 Å². The first-order chi connectivity index (χ1) is 30.4. The van der Waals surface area contributed by atoms with Crippen LogP contribution < -0.4 is 21.3 Å². The van der Waals surface area contributed by atoms with Crippen LogP contribution in [0.4, 0.5) is 22.7 Å². The molecule has 1 aliphatic carbocycles. The highest BCUT2D eigenvalue weighted by Crippen LogP contribution is 2.47. The molecule has 7 rings (SSSR count). The smallest absolute Gasteiger partial charge is 0.255 e. The summed E-state index contributed by atoms with van der Waals surface area (Å²) in [6, 6.07) is 30.5. The van der Waals surface area contributed by atoms with Crippen LogP contribution in [0.1, 0.15) is 129 Å². The number of halogens is 2. The molecule has 0 aliphatic heterocycles. The third-order valence-corrected chi connectivity index (χ3v) is 13.9. The fourth-order valence-corrected chi connectivity index (χ4v) is 11.1. The second-order valence-electron chi connectivity index (χ2n) is 17.4. The molecule has 10 heteroatoms. The van der Waals surface area contributed by atoms with E-state index < -0.39 is 0 Å². The average molecular weight is 1080 g/mol. The third kappa shape index (κ3) is 9.97. The van der Waals surface area contributed by atoms with Crippen molar-refractivity contribution in [2.24, 2.45) is 0 Å². The summed E-state index contributed by atoms with van der Waals surface area (Å²) in [6.07, 6.45) is 5.36. The Hall–Kier alpha value is -5.34. The SMILES string of the molecule is Cc1cc(I)cc(C)c1NC(=O)c1ccc(C(=O)Nc2c(C)cc(C3(c4cc(C)c(NC(=O)c5ccc(C(=O)Nc6c(C)cc(I)cc6C)cc5)c(C)c4)CCCCC3)cc2C)cc1. The Balaban J connectivity index is 1.06. The van der Waals surface area contributed by atoms with Crippen molar-refractivity contribution in [2.45, 2.75) is 92.9 Å². The van der Waals surface area contributed by atoms with Crippen molar-refractivity contribution in [3.8, 4) is 0 Å². The van der Waals surface area contributed by atoms with E-state index in [0.717, 1.165) is 100 Å². The number of hydrogen-bond donors (Lipinski definition) is 4. The quantitative estimate of drug-likeness (QED) is 0.102. The maximum absolute atomic E-state index is 13.6. The predicted octanol–water partition coefficient (Wildman–Crippen LogP) is 13.6. The van der Waals surface area contributed by atoms with E-state index in [-0.39, 0.29) is 29.0 Å². The molecule has 8 nitrogen and oxygen atoms in total. The molecule has 0 heterocycles. The highest BCUT2D eigenvalue weighted by atomic mass is 127. The van der Waals surface area contributed by atoms with Gasteiger partial charge in [-0.1, -0.05) is 43.5 Å². The molecular weight excluding hydrogens is 1020 g/mol. The van der Waals surface area contributed by atoms with Gasteiger partial charge < -0.3 is 21.3 Å². The standard InChI is InChI=1S/C54H54I2N4O4/c1-30-22-42(23-31(2)46(30)57-50(61)38-12-16-40(17-13-38)52(63)59-48-34(5)26-44(55)27-35(48)6)54(20-10-9-11-21-54)43-24-32(3)47(33(4)25-43)58-51(62)39-14-18-41(19-15-39)53(64)60-49-36(7)28-45(56)29-37(49)8/h12-19,22-29H,9-11,20-21H2,1-8H3,(H,57,61)(H,58,62)(H,59,63)(H,60,64). The Kier molecular flexibility index (Phi) is 14.1. The molecule has 0 spiro atoms. The normalized spacial score (nSPS) is 13.2. The molecule has 6 aromatic rings. The molecule has 6 aromatic carbocycles. The third-order valence-electron chi connectivity index (χ3n) is 12.6. The van der Waals surface area contributed by atoms with Gasteiger partial charge in [-0.15, -0.1) is 0 Å².